The van der Waals surface area contributed by atoms with E-state index in [1.165, 1.54) is 21.0 Å². The standard InChI is InChI=1S/C15H14N2Se/c1-17(2)15-16-14(10-18-15)13-8-7-11-5-3-4-6-12(11)9-13/h3-10H,1-2H3. The van der Waals surface area contributed by atoms with Crippen molar-refractivity contribution in [3.05, 3.63) is 47.4 Å². The molecule has 2 aromatic carbocycles. The van der Waals surface area contributed by atoms with Gasteiger partial charge in [-0.1, -0.05) is 0 Å². The number of hydrogen-bond acceptors (Lipinski definition) is 2. The second-order valence-electron chi connectivity index (χ2n) is 4.47. The molecule has 0 bridgehead atoms. The Labute approximate surface area is 113 Å². The summed E-state index contributed by atoms with van der Waals surface area (Å²) >= 11 is 0.366. The average molecular weight is 301 g/mol. The van der Waals surface area contributed by atoms with Crippen LogP contribution < -0.4 is 4.90 Å². The first-order valence-electron chi connectivity index (χ1n) is 5.86. The van der Waals surface area contributed by atoms with E-state index in [9.17, 15) is 0 Å². The summed E-state index contributed by atoms with van der Waals surface area (Å²) in [6.45, 7) is 0. The van der Waals surface area contributed by atoms with Gasteiger partial charge in [0.25, 0.3) is 0 Å². The zero-order valence-corrected chi connectivity index (χ0v) is 12.1. The van der Waals surface area contributed by atoms with Gasteiger partial charge in [0.05, 0.1) is 0 Å². The van der Waals surface area contributed by atoms with Gasteiger partial charge in [-0.25, -0.2) is 0 Å². The molecule has 2 nitrogen and oxygen atoms in total. The molecule has 0 N–H and O–H groups in total. The Morgan fingerprint density at radius 1 is 1.00 bits per heavy atom. The van der Waals surface area contributed by atoms with Crippen molar-refractivity contribution in [2.45, 2.75) is 0 Å². The van der Waals surface area contributed by atoms with Crippen LogP contribution in [0.2, 0.25) is 0 Å². The van der Waals surface area contributed by atoms with Crippen molar-refractivity contribution in [3.8, 4) is 11.3 Å². The van der Waals surface area contributed by atoms with Crippen molar-refractivity contribution in [2.24, 2.45) is 0 Å². The zero-order chi connectivity index (χ0) is 12.5. The fraction of sp³-hybridized carbons (Fsp3) is 0.133. The second kappa shape index (κ2) is 4.60. The Morgan fingerprint density at radius 2 is 1.78 bits per heavy atom. The molecule has 3 aromatic rings. The number of hydrogen-bond donors (Lipinski definition) is 0. The van der Waals surface area contributed by atoms with E-state index in [4.69, 9.17) is 4.98 Å². The summed E-state index contributed by atoms with van der Waals surface area (Å²) in [5, 5.41) is 2.55. The monoisotopic (exact) mass is 302 g/mol. The van der Waals surface area contributed by atoms with Crippen LogP contribution >= 0.6 is 0 Å². The molecule has 1 aromatic heterocycles. The Bertz CT molecular complexity index is 686. The molecule has 0 fully saturated rings. The van der Waals surface area contributed by atoms with E-state index >= 15 is 0 Å². The normalized spacial score (nSPS) is 10.8. The maximum absolute atomic E-state index is 4.70. The van der Waals surface area contributed by atoms with Crippen molar-refractivity contribution in [1.29, 1.82) is 0 Å². The summed E-state index contributed by atoms with van der Waals surface area (Å²) in [5.74, 6) is 0. The molecule has 3 rings (SSSR count). The van der Waals surface area contributed by atoms with Crippen LogP contribution in [-0.2, 0) is 0 Å². The van der Waals surface area contributed by atoms with E-state index in [2.05, 4.69) is 66.4 Å². The van der Waals surface area contributed by atoms with E-state index in [-0.39, 0.29) is 0 Å². The number of rotatable bonds is 2. The molecule has 0 radical (unpaired) electrons. The number of anilines is 1. The molecular weight excluding hydrogens is 287 g/mol. The first-order chi connectivity index (χ1) is 8.74. The molecule has 3 heteroatoms. The minimum atomic E-state index is 0.366. The molecule has 1 heterocycles. The number of benzene rings is 2. The summed E-state index contributed by atoms with van der Waals surface area (Å²) in [6, 6.07) is 15.0. The van der Waals surface area contributed by atoms with Gasteiger partial charge in [-0.15, -0.1) is 0 Å². The minimum absolute atomic E-state index is 0.366. The Hall–Kier alpha value is -1.57. The van der Waals surface area contributed by atoms with Crippen LogP contribution in [0, 0.1) is 0 Å². The van der Waals surface area contributed by atoms with Crippen LogP contribution in [0.25, 0.3) is 22.0 Å². The van der Waals surface area contributed by atoms with E-state index in [1.54, 1.807) is 0 Å². The molecule has 18 heavy (non-hydrogen) atoms. The van der Waals surface area contributed by atoms with Gasteiger partial charge in [0.2, 0.25) is 0 Å². The predicted molar refractivity (Wildman–Crippen MR) is 78.4 cm³/mol. The summed E-state index contributed by atoms with van der Waals surface area (Å²) < 4.78 is 1.19. The number of nitrogens with zero attached hydrogens (tertiary/aromatic N) is 2. The number of aromatic nitrogens is 1. The first kappa shape index (κ1) is 11.5. The molecule has 90 valence electrons. The fourth-order valence-corrected chi connectivity index (χ4v) is 3.56. The third-order valence-corrected chi connectivity index (χ3v) is 5.04. The van der Waals surface area contributed by atoms with Crippen molar-refractivity contribution in [1.82, 2.24) is 4.98 Å². The molecular formula is C15H14N2Se. The summed E-state index contributed by atoms with van der Waals surface area (Å²) in [4.78, 5) is 9.05. The molecule has 0 aliphatic heterocycles. The second-order valence-corrected chi connectivity index (χ2v) is 6.23. The SMILES string of the molecule is CN(C)c1nc(-c2ccc3ccccc3c2)c[se]1. The van der Waals surface area contributed by atoms with Gasteiger partial charge in [-0.3, -0.25) is 0 Å². The zero-order valence-electron chi connectivity index (χ0n) is 10.4. The molecule has 0 aliphatic rings. The van der Waals surface area contributed by atoms with Crippen LogP contribution in [0.5, 0.6) is 0 Å². The van der Waals surface area contributed by atoms with Gasteiger partial charge in [0.15, 0.2) is 0 Å². The summed E-state index contributed by atoms with van der Waals surface area (Å²) in [7, 11) is 4.11. The first-order valence-corrected chi connectivity index (χ1v) is 7.70. The third kappa shape index (κ3) is 2.07. The van der Waals surface area contributed by atoms with Crippen LogP contribution in [0.3, 0.4) is 0 Å². The Kier molecular flexibility index (Phi) is 2.94. The van der Waals surface area contributed by atoms with Crippen molar-refractivity contribution in [2.75, 3.05) is 19.0 Å². The van der Waals surface area contributed by atoms with Crippen LogP contribution in [0.15, 0.2) is 47.4 Å². The van der Waals surface area contributed by atoms with Crippen molar-refractivity contribution < 1.29 is 0 Å². The summed E-state index contributed by atoms with van der Waals surface area (Å²) in [6.07, 6.45) is 0. The van der Waals surface area contributed by atoms with Gasteiger partial charge < -0.3 is 0 Å². The molecule has 0 saturated heterocycles. The van der Waals surface area contributed by atoms with E-state index in [1.807, 2.05) is 0 Å². The van der Waals surface area contributed by atoms with Gasteiger partial charge in [0, 0.05) is 0 Å². The van der Waals surface area contributed by atoms with Gasteiger partial charge in [-0.2, -0.15) is 0 Å². The average Bonchev–Trinajstić information content (AvgIpc) is 2.88. The van der Waals surface area contributed by atoms with Crippen LogP contribution in [-0.4, -0.2) is 33.6 Å². The van der Waals surface area contributed by atoms with Crippen molar-refractivity contribution in [3.63, 3.8) is 0 Å². The summed E-state index contributed by atoms with van der Waals surface area (Å²) in [5.41, 5.74) is 2.33. The fourth-order valence-electron chi connectivity index (χ4n) is 1.95. The van der Waals surface area contributed by atoms with Crippen molar-refractivity contribution >= 4 is 30.0 Å². The van der Waals surface area contributed by atoms with Gasteiger partial charge in [-0.05, 0) is 0 Å². The predicted octanol–water partition coefficient (Wildman–Crippen LogP) is 3.02. The topological polar surface area (TPSA) is 16.1 Å². The molecule has 0 amide bonds. The van der Waals surface area contributed by atoms with E-state index < -0.39 is 0 Å². The Balaban J connectivity index is 2.07. The van der Waals surface area contributed by atoms with E-state index in [0.29, 0.717) is 14.5 Å². The van der Waals surface area contributed by atoms with E-state index in [0.717, 1.165) is 5.69 Å². The molecule has 0 unspecified atom stereocenters. The quantitative estimate of drug-likeness (QED) is 0.676. The maximum atomic E-state index is 4.70. The van der Waals surface area contributed by atoms with Crippen LogP contribution in [0.4, 0.5) is 4.69 Å². The molecule has 0 aliphatic carbocycles. The molecule has 0 saturated carbocycles. The third-order valence-electron chi connectivity index (χ3n) is 2.92. The molecule has 0 atom stereocenters. The number of fused-ring (bicyclic) bond motifs is 1. The van der Waals surface area contributed by atoms with Crippen LogP contribution in [0.1, 0.15) is 0 Å². The Morgan fingerprint density at radius 3 is 2.50 bits per heavy atom. The molecule has 0 spiro atoms. The van der Waals surface area contributed by atoms with Gasteiger partial charge in [0.1, 0.15) is 0 Å². The van der Waals surface area contributed by atoms with Gasteiger partial charge >= 0.3 is 113 Å².